The van der Waals surface area contributed by atoms with Gasteiger partial charge >= 0.3 is 6.18 Å². The summed E-state index contributed by atoms with van der Waals surface area (Å²) < 4.78 is 42.6. The number of aromatic nitrogens is 1. The zero-order chi connectivity index (χ0) is 11.9. The van der Waals surface area contributed by atoms with E-state index >= 15 is 0 Å². The average Bonchev–Trinajstić information content (AvgIpc) is 2.22. The summed E-state index contributed by atoms with van der Waals surface area (Å²) in [4.78, 5) is 3.59. The summed E-state index contributed by atoms with van der Waals surface area (Å²) in [6.45, 7) is 1.97. The lowest BCUT2D eigenvalue weighted by molar-refractivity contribution is -0.141. The van der Waals surface area contributed by atoms with Crippen LogP contribution < -0.4 is 5.73 Å². The average molecular weight is 232 g/mol. The molecule has 1 aliphatic heterocycles. The Morgan fingerprint density at radius 1 is 1.44 bits per heavy atom. The van der Waals surface area contributed by atoms with Crippen LogP contribution in [0.3, 0.4) is 0 Å². The van der Waals surface area contributed by atoms with Crippen molar-refractivity contribution in [3.05, 3.63) is 29.1 Å². The second-order valence-corrected chi connectivity index (χ2v) is 3.75. The second-order valence-electron chi connectivity index (χ2n) is 3.75. The van der Waals surface area contributed by atoms with Crippen molar-refractivity contribution in [3.63, 3.8) is 0 Å². The summed E-state index contributed by atoms with van der Waals surface area (Å²) >= 11 is 0. The summed E-state index contributed by atoms with van der Waals surface area (Å²) in [6, 6.07) is 1.94. The smallest absolute Gasteiger partial charge is 0.370 e. The second kappa shape index (κ2) is 3.71. The molecule has 1 aromatic heterocycles. The van der Waals surface area contributed by atoms with E-state index in [0.29, 0.717) is 12.2 Å². The van der Waals surface area contributed by atoms with Crippen molar-refractivity contribution >= 4 is 0 Å². The number of alkyl halides is 3. The third-order valence-corrected chi connectivity index (χ3v) is 2.56. The molecule has 0 unspecified atom stereocenters. The van der Waals surface area contributed by atoms with Gasteiger partial charge in [-0.25, -0.2) is 4.98 Å². The van der Waals surface area contributed by atoms with Crippen LogP contribution in [0.1, 0.15) is 36.0 Å². The number of halogens is 3. The minimum absolute atomic E-state index is 0.286. The molecule has 2 atom stereocenters. The third-order valence-electron chi connectivity index (χ3n) is 2.56. The molecule has 0 fully saturated rings. The first-order chi connectivity index (χ1) is 7.39. The van der Waals surface area contributed by atoms with Gasteiger partial charge in [0.15, 0.2) is 0 Å². The Morgan fingerprint density at radius 2 is 2.12 bits per heavy atom. The van der Waals surface area contributed by atoms with E-state index in [-0.39, 0.29) is 5.69 Å². The number of ether oxygens (including phenoxy) is 1. The highest BCUT2D eigenvalue weighted by atomic mass is 19.4. The number of nitrogens with two attached hydrogens (primary N) is 1. The molecule has 1 aliphatic rings. The zero-order valence-corrected chi connectivity index (χ0v) is 8.58. The molecule has 2 N–H and O–H groups in total. The minimum atomic E-state index is -4.43. The van der Waals surface area contributed by atoms with Crippen molar-refractivity contribution in [2.45, 2.75) is 25.2 Å². The van der Waals surface area contributed by atoms with E-state index in [1.54, 1.807) is 6.92 Å². The normalized spacial score (nSPS) is 25.3. The van der Waals surface area contributed by atoms with Gasteiger partial charge in [-0.3, -0.25) is 0 Å². The van der Waals surface area contributed by atoms with Gasteiger partial charge in [-0.2, -0.15) is 13.2 Å². The molecule has 3 nitrogen and oxygen atoms in total. The lowest BCUT2D eigenvalue weighted by Gasteiger charge is -2.27. The van der Waals surface area contributed by atoms with Gasteiger partial charge in [0.2, 0.25) is 0 Å². The fourth-order valence-electron chi connectivity index (χ4n) is 1.70. The van der Waals surface area contributed by atoms with Crippen molar-refractivity contribution < 1.29 is 17.9 Å². The van der Waals surface area contributed by atoms with Crippen LogP contribution in [-0.2, 0) is 10.9 Å². The largest absolute Gasteiger partial charge is 0.433 e. The van der Waals surface area contributed by atoms with E-state index in [0.717, 1.165) is 6.07 Å². The van der Waals surface area contributed by atoms with Crippen LogP contribution in [0.2, 0.25) is 0 Å². The van der Waals surface area contributed by atoms with Crippen LogP contribution in [0, 0.1) is 0 Å². The van der Waals surface area contributed by atoms with Gasteiger partial charge in [0.25, 0.3) is 0 Å². The monoisotopic (exact) mass is 232 g/mol. The third kappa shape index (κ3) is 1.90. The molecule has 0 aromatic carbocycles. The van der Waals surface area contributed by atoms with Crippen molar-refractivity contribution in [2.75, 3.05) is 6.61 Å². The van der Waals surface area contributed by atoms with Crippen LogP contribution in [0.25, 0.3) is 0 Å². The molecule has 16 heavy (non-hydrogen) atoms. The summed E-state index contributed by atoms with van der Waals surface area (Å²) in [5.41, 5.74) is 5.73. The van der Waals surface area contributed by atoms with Crippen molar-refractivity contribution in [1.82, 2.24) is 4.98 Å². The minimum Gasteiger partial charge on any atom is -0.370 e. The Balaban J connectivity index is 2.48. The topological polar surface area (TPSA) is 48.1 Å². The maximum atomic E-state index is 12.4. The summed E-state index contributed by atoms with van der Waals surface area (Å²) in [6.07, 6.45) is -4.88. The van der Waals surface area contributed by atoms with Gasteiger partial charge in [0.1, 0.15) is 5.69 Å². The molecule has 0 bridgehead atoms. The van der Waals surface area contributed by atoms with Gasteiger partial charge in [-0.05, 0) is 18.6 Å². The quantitative estimate of drug-likeness (QED) is 0.745. The van der Waals surface area contributed by atoms with E-state index < -0.39 is 24.0 Å². The predicted molar refractivity (Wildman–Crippen MR) is 50.5 cm³/mol. The van der Waals surface area contributed by atoms with Crippen LogP contribution in [-0.4, -0.2) is 11.6 Å². The van der Waals surface area contributed by atoms with Crippen LogP contribution in [0.15, 0.2) is 12.1 Å². The highest BCUT2D eigenvalue weighted by molar-refractivity contribution is 5.30. The fraction of sp³-hybridized carbons (Fsp3) is 0.500. The first-order valence-corrected chi connectivity index (χ1v) is 4.85. The molecule has 0 amide bonds. The van der Waals surface area contributed by atoms with Crippen LogP contribution in [0.5, 0.6) is 0 Å². The maximum absolute atomic E-state index is 12.4. The number of hydrogen-bond donors (Lipinski definition) is 1. The van der Waals surface area contributed by atoms with E-state index in [9.17, 15) is 13.2 Å². The Hall–Kier alpha value is -1.14. The maximum Gasteiger partial charge on any atom is 0.433 e. The molecule has 0 saturated heterocycles. The predicted octanol–water partition coefficient (Wildman–Crippen LogP) is 2.19. The first kappa shape index (κ1) is 11.3. The molecule has 2 rings (SSSR count). The number of hydrogen-bond acceptors (Lipinski definition) is 3. The SMILES string of the molecule is C[C@H]1OC[C@@H](N)c2ccc(C(F)(F)F)nc21. The van der Waals surface area contributed by atoms with Gasteiger partial charge in [0.05, 0.1) is 24.4 Å². The number of pyridine rings is 1. The van der Waals surface area contributed by atoms with Crippen LogP contribution >= 0.6 is 0 Å². The Bertz CT molecular complexity index is 406. The van der Waals surface area contributed by atoms with E-state index in [1.165, 1.54) is 6.07 Å². The Morgan fingerprint density at radius 3 is 2.75 bits per heavy atom. The van der Waals surface area contributed by atoms with Crippen molar-refractivity contribution in [1.29, 1.82) is 0 Å². The van der Waals surface area contributed by atoms with Crippen molar-refractivity contribution in [3.8, 4) is 0 Å². The van der Waals surface area contributed by atoms with Gasteiger partial charge < -0.3 is 10.5 Å². The summed E-state index contributed by atoms with van der Waals surface area (Å²) in [5.74, 6) is 0. The molecule has 0 spiro atoms. The molecule has 2 heterocycles. The number of nitrogens with zero attached hydrogens (tertiary/aromatic N) is 1. The number of rotatable bonds is 0. The van der Waals surface area contributed by atoms with E-state index in [1.807, 2.05) is 0 Å². The Kier molecular flexibility index (Phi) is 2.63. The zero-order valence-electron chi connectivity index (χ0n) is 8.58. The lowest BCUT2D eigenvalue weighted by Crippen LogP contribution is -2.27. The molecule has 88 valence electrons. The van der Waals surface area contributed by atoms with E-state index in [4.69, 9.17) is 10.5 Å². The Labute approximate surface area is 90.4 Å². The van der Waals surface area contributed by atoms with Crippen molar-refractivity contribution in [2.24, 2.45) is 5.73 Å². The van der Waals surface area contributed by atoms with Gasteiger partial charge in [0, 0.05) is 0 Å². The fourth-order valence-corrected chi connectivity index (χ4v) is 1.70. The molecular weight excluding hydrogens is 221 g/mol. The molecule has 0 radical (unpaired) electrons. The number of fused-ring (bicyclic) bond motifs is 1. The lowest BCUT2D eigenvalue weighted by atomic mass is 10.00. The summed E-state index contributed by atoms with van der Waals surface area (Å²) in [7, 11) is 0. The standard InChI is InChI=1S/C10H11F3N2O/c1-5-9-6(7(14)4-16-5)2-3-8(15-9)10(11,12)13/h2-3,5,7H,4,14H2,1H3/t5-,7-/m1/s1. The first-order valence-electron chi connectivity index (χ1n) is 4.85. The summed E-state index contributed by atoms with van der Waals surface area (Å²) in [5, 5.41) is 0. The molecule has 0 aliphatic carbocycles. The molecule has 1 aromatic rings. The molecular formula is C10H11F3N2O. The highest BCUT2D eigenvalue weighted by Crippen LogP contribution is 2.34. The highest BCUT2D eigenvalue weighted by Gasteiger charge is 2.35. The van der Waals surface area contributed by atoms with E-state index in [2.05, 4.69) is 4.98 Å². The van der Waals surface area contributed by atoms with Gasteiger partial charge in [-0.1, -0.05) is 6.07 Å². The molecule has 0 saturated carbocycles. The van der Waals surface area contributed by atoms with Gasteiger partial charge in [-0.15, -0.1) is 0 Å². The molecule has 6 heteroatoms. The van der Waals surface area contributed by atoms with Crippen LogP contribution in [0.4, 0.5) is 13.2 Å².